The van der Waals surface area contributed by atoms with E-state index in [0.717, 1.165) is 42.6 Å². The number of nitrogens with zero attached hydrogens (tertiary/aromatic N) is 4. The molecule has 3 aromatic rings. The Kier molecular flexibility index (Phi) is 7.89. The molecule has 3 heterocycles. The summed E-state index contributed by atoms with van der Waals surface area (Å²) in [6.07, 6.45) is 6.04. The van der Waals surface area contributed by atoms with Crippen LogP contribution in [0.3, 0.4) is 0 Å². The average molecular weight is 489 g/mol. The molecule has 36 heavy (non-hydrogen) atoms. The number of rotatable bonds is 9. The number of aromatic hydroxyl groups is 1. The minimum absolute atomic E-state index is 0.0473. The van der Waals surface area contributed by atoms with Crippen LogP contribution in [0.15, 0.2) is 54.1 Å². The number of hydrogen-bond acceptors (Lipinski definition) is 6. The van der Waals surface area contributed by atoms with Crippen molar-refractivity contribution in [2.45, 2.75) is 65.6 Å². The molecule has 1 N–H and O–H groups in total. The molecule has 0 spiro atoms. The van der Waals surface area contributed by atoms with Gasteiger partial charge in [0.2, 0.25) is 5.88 Å². The summed E-state index contributed by atoms with van der Waals surface area (Å²) in [5, 5.41) is 11.7. The van der Waals surface area contributed by atoms with Crippen molar-refractivity contribution in [3.05, 3.63) is 87.7 Å². The maximum absolute atomic E-state index is 13.3. The minimum Gasteiger partial charge on any atom is -0.494 e. The van der Waals surface area contributed by atoms with E-state index in [1.165, 1.54) is 5.56 Å². The summed E-state index contributed by atoms with van der Waals surface area (Å²) in [5.41, 5.74) is 4.36. The van der Waals surface area contributed by atoms with Crippen LogP contribution in [-0.2, 0) is 24.2 Å². The second-order valence-electron chi connectivity index (χ2n) is 9.52. The molecule has 0 amide bonds. The Hall–Kier alpha value is -3.45. The molecule has 0 bridgehead atoms. The van der Waals surface area contributed by atoms with Crippen LogP contribution >= 0.6 is 0 Å². The van der Waals surface area contributed by atoms with Crippen LogP contribution in [0.4, 0.5) is 0 Å². The zero-order valence-electron chi connectivity index (χ0n) is 21.7. The summed E-state index contributed by atoms with van der Waals surface area (Å²) in [6.45, 7) is 13.9. The van der Waals surface area contributed by atoms with Gasteiger partial charge in [-0.25, -0.2) is 0 Å². The number of ether oxygens (including phenoxy) is 1. The molecular formula is C29H36N4O3. The lowest BCUT2D eigenvalue weighted by atomic mass is 10.00. The summed E-state index contributed by atoms with van der Waals surface area (Å²) in [5.74, 6) is 0.563. The van der Waals surface area contributed by atoms with Crippen LogP contribution in [0.1, 0.15) is 68.1 Å². The van der Waals surface area contributed by atoms with E-state index >= 15 is 0 Å². The molecule has 0 aliphatic carbocycles. The highest BCUT2D eigenvalue weighted by Crippen LogP contribution is 2.35. The molecule has 1 atom stereocenters. The largest absolute Gasteiger partial charge is 0.494 e. The summed E-state index contributed by atoms with van der Waals surface area (Å²) in [6, 6.07) is 10.2. The molecule has 1 fully saturated rings. The molecule has 1 saturated heterocycles. The van der Waals surface area contributed by atoms with Gasteiger partial charge in [-0.3, -0.25) is 14.3 Å². The molecular weight excluding hydrogens is 452 g/mol. The van der Waals surface area contributed by atoms with E-state index in [9.17, 15) is 9.90 Å². The Labute approximate surface area is 213 Å². The average Bonchev–Trinajstić information content (AvgIpc) is 3.38. The van der Waals surface area contributed by atoms with Gasteiger partial charge in [0.05, 0.1) is 11.8 Å². The Morgan fingerprint density at radius 2 is 1.83 bits per heavy atom. The van der Waals surface area contributed by atoms with E-state index < -0.39 is 5.56 Å². The number of aryl methyl sites for hydroxylation is 2. The number of para-hydroxylation sites is 1. The van der Waals surface area contributed by atoms with Crippen LogP contribution in [-0.4, -0.2) is 43.7 Å². The lowest BCUT2D eigenvalue weighted by Gasteiger charge is -2.25. The molecule has 0 saturated carbocycles. The zero-order chi connectivity index (χ0) is 25.8. The normalized spacial score (nSPS) is 15.6. The quantitative estimate of drug-likeness (QED) is 0.464. The topological polar surface area (TPSA) is 80.5 Å². The minimum atomic E-state index is -0.490. The molecule has 2 aromatic heterocycles. The van der Waals surface area contributed by atoms with Gasteiger partial charge in [0, 0.05) is 37.1 Å². The second-order valence-corrected chi connectivity index (χ2v) is 9.52. The summed E-state index contributed by atoms with van der Waals surface area (Å²) < 4.78 is 7.55. The third kappa shape index (κ3) is 5.07. The molecule has 7 heteroatoms. The molecule has 190 valence electrons. The molecule has 7 nitrogen and oxygen atoms in total. The Morgan fingerprint density at radius 1 is 1.17 bits per heavy atom. The van der Waals surface area contributed by atoms with Crippen molar-refractivity contribution in [1.29, 1.82) is 0 Å². The summed E-state index contributed by atoms with van der Waals surface area (Å²) in [4.78, 5) is 23.9. The third-order valence-electron chi connectivity index (χ3n) is 6.91. The highest BCUT2D eigenvalue weighted by atomic mass is 16.5. The van der Waals surface area contributed by atoms with Gasteiger partial charge in [-0.15, -0.1) is 0 Å². The number of benzene rings is 1. The lowest BCUT2D eigenvalue weighted by molar-refractivity contribution is 0.0594. The maximum Gasteiger partial charge on any atom is 0.286 e. The van der Waals surface area contributed by atoms with E-state index in [-0.39, 0.29) is 24.2 Å². The fourth-order valence-corrected chi connectivity index (χ4v) is 4.95. The van der Waals surface area contributed by atoms with Gasteiger partial charge in [-0.1, -0.05) is 38.6 Å². The van der Waals surface area contributed by atoms with Crippen molar-refractivity contribution in [3.8, 4) is 11.6 Å². The van der Waals surface area contributed by atoms with Crippen molar-refractivity contribution in [2.24, 2.45) is 0 Å². The molecule has 1 aliphatic rings. The van der Waals surface area contributed by atoms with Gasteiger partial charge in [0.25, 0.3) is 5.56 Å². The van der Waals surface area contributed by atoms with Crippen LogP contribution in [0.2, 0.25) is 0 Å². The van der Waals surface area contributed by atoms with Crippen LogP contribution in [0.25, 0.3) is 11.4 Å². The van der Waals surface area contributed by atoms with E-state index in [1.54, 1.807) is 17.0 Å². The van der Waals surface area contributed by atoms with E-state index in [2.05, 4.69) is 35.3 Å². The van der Waals surface area contributed by atoms with Crippen LogP contribution in [0.5, 0.6) is 5.88 Å². The van der Waals surface area contributed by atoms with Crippen LogP contribution in [0, 0.1) is 0 Å². The monoisotopic (exact) mass is 488 g/mol. The van der Waals surface area contributed by atoms with E-state index in [1.807, 2.05) is 44.2 Å². The maximum atomic E-state index is 13.3. The fraction of sp³-hybridized carbons (Fsp3) is 0.414. The number of likely N-dealkylation sites (tertiary alicyclic amines) is 1. The SMILES string of the molecule is C=C(c1c(O)n(-c2c(CC)cccc2CC)c(COC(C)C)nc1=O)N1CCC(c2ccncc2)C1. The van der Waals surface area contributed by atoms with Gasteiger partial charge in [-0.05, 0) is 61.9 Å². The van der Waals surface area contributed by atoms with Crippen molar-refractivity contribution in [3.63, 3.8) is 0 Å². The first-order chi connectivity index (χ1) is 17.3. The van der Waals surface area contributed by atoms with Gasteiger partial charge in [-0.2, -0.15) is 4.98 Å². The highest BCUT2D eigenvalue weighted by molar-refractivity contribution is 5.67. The lowest BCUT2D eigenvalue weighted by Crippen LogP contribution is -2.28. The van der Waals surface area contributed by atoms with E-state index in [0.29, 0.717) is 24.0 Å². The predicted octanol–water partition coefficient (Wildman–Crippen LogP) is 4.84. The van der Waals surface area contributed by atoms with Gasteiger partial charge < -0.3 is 14.7 Å². The fourth-order valence-electron chi connectivity index (χ4n) is 4.95. The van der Waals surface area contributed by atoms with Crippen molar-refractivity contribution >= 4 is 5.70 Å². The van der Waals surface area contributed by atoms with Gasteiger partial charge in [0.1, 0.15) is 18.0 Å². The summed E-state index contributed by atoms with van der Waals surface area (Å²) >= 11 is 0. The molecule has 0 radical (unpaired) electrons. The zero-order valence-corrected chi connectivity index (χ0v) is 21.7. The predicted molar refractivity (Wildman–Crippen MR) is 142 cm³/mol. The third-order valence-corrected chi connectivity index (χ3v) is 6.91. The number of pyridine rings is 1. The van der Waals surface area contributed by atoms with Crippen molar-refractivity contribution < 1.29 is 9.84 Å². The molecule has 1 unspecified atom stereocenters. The molecule has 1 aliphatic heterocycles. The van der Waals surface area contributed by atoms with E-state index in [4.69, 9.17) is 4.74 Å². The smallest absolute Gasteiger partial charge is 0.286 e. The number of hydrogen-bond donors (Lipinski definition) is 1. The van der Waals surface area contributed by atoms with Gasteiger partial charge in [0.15, 0.2) is 0 Å². The standard InChI is InChI=1S/C29H36N4O3/c1-6-21-9-8-10-22(7-2)27(21)33-25(18-36-19(3)4)31-28(34)26(29(33)35)20(5)32-16-13-24(17-32)23-11-14-30-15-12-23/h8-12,14-15,19,24,35H,5-7,13,16-18H2,1-4H3. The summed E-state index contributed by atoms with van der Waals surface area (Å²) in [7, 11) is 0. The number of aromatic nitrogens is 3. The van der Waals surface area contributed by atoms with Crippen molar-refractivity contribution in [1.82, 2.24) is 19.4 Å². The van der Waals surface area contributed by atoms with Crippen molar-refractivity contribution in [2.75, 3.05) is 13.1 Å². The second kappa shape index (κ2) is 11.1. The molecule has 1 aromatic carbocycles. The Balaban J connectivity index is 1.81. The first kappa shape index (κ1) is 25.6. The first-order valence-corrected chi connectivity index (χ1v) is 12.8. The Bertz CT molecular complexity index is 1260. The van der Waals surface area contributed by atoms with Crippen LogP contribution < -0.4 is 5.56 Å². The molecule has 4 rings (SSSR count). The Morgan fingerprint density at radius 3 is 2.44 bits per heavy atom. The first-order valence-electron chi connectivity index (χ1n) is 12.8. The highest BCUT2D eigenvalue weighted by Gasteiger charge is 2.30. The van der Waals surface area contributed by atoms with Gasteiger partial charge >= 0.3 is 0 Å².